The molecule has 7 nitrogen and oxygen atoms in total. The Kier molecular flexibility index (Phi) is 5.18. The zero-order valence-corrected chi connectivity index (χ0v) is 15.6. The van der Waals surface area contributed by atoms with Crippen LogP contribution in [-0.2, 0) is 6.42 Å². The fourth-order valence-corrected chi connectivity index (χ4v) is 3.22. The number of amides is 1. The second-order valence-electron chi connectivity index (χ2n) is 7.10. The van der Waals surface area contributed by atoms with Gasteiger partial charge in [-0.25, -0.2) is 0 Å². The van der Waals surface area contributed by atoms with Crippen molar-refractivity contribution in [3.8, 4) is 11.8 Å². The van der Waals surface area contributed by atoms with E-state index in [2.05, 4.69) is 4.99 Å². The van der Waals surface area contributed by atoms with E-state index in [1.54, 1.807) is 12.1 Å². The molecule has 4 N–H and O–H groups in total. The summed E-state index contributed by atoms with van der Waals surface area (Å²) in [5.41, 5.74) is 8.68. The van der Waals surface area contributed by atoms with Crippen LogP contribution in [0.15, 0.2) is 41.4 Å². The van der Waals surface area contributed by atoms with E-state index >= 15 is 0 Å². The average molecular weight is 379 g/mol. The van der Waals surface area contributed by atoms with Gasteiger partial charge >= 0.3 is 0 Å². The molecule has 1 unspecified atom stereocenters. The van der Waals surface area contributed by atoms with E-state index in [4.69, 9.17) is 10.5 Å². The summed E-state index contributed by atoms with van der Waals surface area (Å²) < 4.78 is 5.31. The molecule has 0 aromatic heterocycles. The number of fused-ring (bicyclic) bond motifs is 1. The average Bonchev–Trinajstić information content (AvgIpc) is 3.02. The molecule has 1 aliphatic carbocycles. The van der Waals surface area contributed by atoms with Crippen molar-refractivity contribution in [1.29, 1.82) is 5.26 Å². The van der Waals surface area contributed by atoms with Crippen LogP contribution >= 0.6 is 0 Å². The lowest BCUT2D eigenvalue weighted by Gasteiger charge is -2.20. The summed E-state index contributed by atoms with van der Waals surface area (Å²) in [5.74, 6) is -1.83. The highest BCUT2D eigenvalue weighted by Crippen LogP contribution is 2.33. The zero-order chi connectivity index (χ0) is 20.5. The van der Waals surface area contributed by atoms with E-state index in [9.17, 15) is 20.3 Å². The molecule has 0 spiro atoms. The van der Waals surface area contributed by atoms with Crippen LogP contribution in [0.1, 0.15) is 59.0 Å². The molecule has 7 heteroatoms. The molecule has 3 rings (SSSR count). The maximum Gasteiger partial charge on any atom is 0.278 e. The maximum absolute atomic E-state index is 12.5. The predicted molar refractivity (Wildman–Crippen MR) is 103 cm³/mol. The smallest absolute Gasteiger partial charge is 0.278 e. The first-order chi connectivity index (χ1) is 13.2. The molecule has 1 aliphatic rings. The molecule has 2 aromatic carbocycles. The summed E-state index contributed by atoms with van der Waals surface area (Å²) >= 11 is 0. The number of ether oxygens (including phenoxy) is 1. The Morgan fingerprint density at radius 3 is 2.79 bits per heavy atom. The molecule has 1 atom stereocenters. The molecule has 2 aromatic rings. The van der Waals surface area contributed by atoms with Crippen LogP contribution in [0.25, 0.3) is 0 Å². The number of carbonyl (C=O) groups is 1. The van der Waals surface area contributed by atoms with Gasteiger partial charge in [0.1, 0.15) is 17.7 Å². The van der Waals surface area contributed by atoms with Crippen molar-refractivity contribution < 1.29 is 19.7 Å². The van der Waals surface area contributed by atoms with Gasteiger partial charge in [-0.2, -0.15) is 10.3 Å². The minimum Gasteiger partial charge on any atom is -0.462 e. The minimum atomic E-state index is -1.46. The van der Waals surface area contributed by atoms with Crippen molar-refractivity contribution in [2.24, 2.45) is 10.7 Å². The molecule has 0 saturated carbocycles. The molecular formula is C21H21N3O4. The Hall–Kier alpha value is -3.21. The first kappa shape index (κ1) is 19.5. The van der Waals surface area contributed by atoms with Crippen LogP contribution in [0.2, 0.25) is 0 Å². The van der Waals surface area contributed by atoms with Gasteiger partial charge in [0.25, 0.3) is 5.91 Å². The Morgan fingerprint density at radius 1 is 1.36 bits per heavy atom. The van der Waals surface area contributed by atoms with Crippen LogP contribution < -0.4 is 10.5 Å². The number of aliphatic hydroxyl groups is 2. The van der Waals surface area contributed by atoms with Gasteiger partial charge in [-0.1, -0.05) is 18.2 Å². The third kappa shape index (κ3) is 4.03. The van der Waals surface area contributed by atoms with Gasteiger partial charge in [0, 0.05) is 25.0 Å². The van der Waals surface area contributed by atoms with Crippen LogP contribution in [0, 0.1) is 11.3 Å². The van der Waals surface area contributed by atoms with E-state index in [1.165, 1.54) is 32.0 Å². The maximum atomic E-state index is 12.5. The van der Waals surface area contributed by atoms with Crippen LogP contribution in [0.5, 0.6) is 5.75 Å². The fourth-order valence-electron chi connectivity index (χ4n) is 3.22. The Morgan fingerprint density at radius 2 is 2.11 bits per heavy atom. The van der Waals surface area contributed by atoms with Crippen molar-refractivity contribution in [2.75, 3.05) is 0 Å². The van der Waals surface area contributed by atoms with E-state index in [0.29, 0.717) is 18.4 Å². The predicted octanol–water partition coefficient (Wildman–Crippen LogP) is 2.19. The first-order valence-corrected chi connectivity index (χ1v) is 8.84. The molecule has 1 amide bonds. The Labute approximate surface area is 162 Å². The van der Waals surface area contributed by atoms with Crippen molar-refractivity contribution in [3.05, 3.63) is 64.2 Å². The lowest BCUT2D eigenvalue weighted by Crippen LogP contribution is -2.27. The second kappa shape index (κ2) is 7.43. The highest BCUT2D eigenvalue weighted by Gasteiger charge is 2.24. The lowest BCUT2D eigenvalue weighted by atomic mass is 10.0. The molecule has 144 valence electrons. The third-order valence-electron chi connectivity index (χ3n) is 4.44. The van der Waals surface area contributed by atoms with Crippen LogP contribution in [0.3, 0.4) is 0 Å². The van der Waals surface area contributed by atoms with Gasteiger partial charge in [-0.15, -0.1) is 0 Å². The summed E-state index contributed by atoms with van der Waals surface area (Å²) in [6, 6.07) is 11.6. The number of carbonyl (C=O) groups excluding carboxylic acids is 1. The van der Waals surface area contributed by atoms with Gasteiger partial charge in [0.2, 0.25) is 5.79 Å². The topological polar surface area (TPSA) is 129 Å². The summed E-state index contributed by atoms with van der Waals surface area (Å²) in [6.07, 6.45) is 0.750. The number of nitriles is 1. The fraction of sp³-hybridized carbons (Fsp3) is 0.286. The highest BCUT2D eigenvalue weighted by molar-refractivity contribution is 6.09. The third-order valence-corrected chi connectivity index (χ3v) is 4.44. The summed E-state index contributed by atoms with van der Waals surface area (Å²) in [5, 5.41) is 29.1. The van der Waals surface area contributed by atoms with Gasteiger partial charge < -0.3 is 20.7 Å². The molecule has 0 aliphatic heterocycles. The first-order valence-electron chi connectivity index (χ1n) is 8.84. The van der Waals surface area contributed by atoms with Crippen molar-refractivity contribution in [3.63, 3.8) is 0 Å². The van der Waals surface area contributed by atoms with Crippen LogP contribution in [-0.4, -0.2) is 27.7 Å². The van der Waals surface area contributed by atoms with E-state index in [-0.39, 0.29) is 22.7 Å². The van der Waals surface area contributed by atoms with E-state index in [0.717, 1.165) is 11.1 Å². The lowest BCUT2D eigenvalue weighted by molar-refractivity contribution is -0.104. The monoisotopic (exact) mass is 379 g/mol. The number of rotatable bonds is 4. The van der Waals surface area contributed by atoms with E-state index < -0.39 is 17.8 Å². The SMILES string of the molecule is CC(C)(O)Oc1ccc(C(=O)N=C(N)c2cccc3c2CCC3O)cc1C#N. The van der Waals surface area contributed by atoms with Crippen molar-refractivity contribution in [2.45, 2.75) is 38.6 Å². The zero-order valence-electron chi connectivity index (χ0n) is 15.6. The number of hydrogen-bond acceptors (Lipinski definition) is 5. The molecule has 0 saturated heterocycles. The van der Waals surface area contributed by atoms with Crippen LogP contribution in [0.4, 0.5) is 0 Å². The second-order valence-corrected chi connectivity index (χ2v) is 7.10. The molecular weight excluding hydrogens is 358 g/mol. The molecule has 28 heavy (non-hydrogen) atoms. The highest BCUT2D eigenvalue weighted by atomic mass is 16.6. The Balaban J connectivity index is 1.90. The Bertz CT molecular complexity index is 1000. The number of hydrogen-bond donors (Lipinski definition) is 3. The normalized spacial score (nSPS) is 16.4. The number of benzene rings is 2. The molecule has 0 radical (unpaired) electrons. The molecule has 0 bridgehead atoms. The summed E-state index contributed by atoms with van der Waals surface area (Å²) in [7, 11) is 0. The standard InChI is InChI=1S/C21H21N3O4/c1-21(2,27)28-18-9-6-12(10-13(18)11-22)20(26)24-19(23)16-5-3-4-15-14(16)7-8-17(15)25/h3-6,9-10,17,25,27H,7-8H2,1-2H3,(H2,23,24,26). The van der Waals surface area contributed by atoms with Gasteiger partial charge in [0.05, 0.1) is 11.7 Å². The number of aliphatic hydroxyl groups excluding tert-OH is 1. The van der Waals surface area contributed by atoms with Crippen molar-refractivity contribution >= 4 is 11.7 Å². The van der Waals surface area contributed by atoms with E-state index in [1.807, 2.05) is 12.1 Å². The van der Waals surface area contributed by atoms with Gasteiger partial charge in [-0.05, 0) is 42.2 Å². The number of aliphatic imine (C=N–C) groups is 1. The van der Waals surface area contributed by atoms with Crippen molar-refractivity contribution in [1.82, 2.24) is 0 Å². The number of amidine groups is 1. The summed E-state index contributed by atoms with van der Waals surface area (Å²) in [6.45, 7) is 2.88. The molecule has 0 heterocycles. The molecule has 0 fully saturated rings. The van der Waals surface area contributed by atoms with Gasteiger partial charge in [-0.3, -0.25) is 4.79 Å². The quantitative estimate of drug-likeness (QED) is 0.424. The largest absolute Gasteiger partial charge is 0.462 e. The number of nitrogens with two attached hydrogens (primary N) is 1. The van der Waals surface area contributed by atoms with Gasteiger partial charge in [0.15, 0.2) is 0 Å². The summed E-state index contributed by atoms with van der Waals surface area (Å²) in [4.78, 5) is 16.5. The minimum absolute atomic E-state index is 0.0614. The number of nitrogens with zero attached hydrogens (tertiary/aromatic N) is 2.